The Morgan fingerprint density at radius 1 is 1.27 bits per heavy atom. The lowest BCUT2D eigenvalue weighted by molar-refractivity contribution is -0.147. The van der Waals surface area contributed by atoms with Gasteiger partial charge in [-0.05, 0) is 44.6 Å². The average Bonchev–Trinajstić information content (AvgIpc) is 3.30. The number of nitrogens with zero attached hydrogens (tertiary/aromatic N) is 1. The monoisotopic (exact) mass is 363 g/mol. The fourth-order valence-corrected chi connectivity index (χ4v) is 7.20. The van der Waals surface area contributed by atoms with Gasteiger partial charge in [0.1, 0.15) is 11.7 Å². The Morgan fingerprint density at radius 2 is 2.12 bits per heavy atom. The number of hydrogen-bond donors (Lipinski definition) is 1. The van der Waals surface area contributed by atoms with Crippen molar-refractivity contribution in [1.82, 2.24) is 4.90 Å². The van der Waals surface area contributed by atoms with E-state index in [0.29, 0.717) is 5.92 Å². The van der Waals surface area contributed by atoms with Crippen LogP contribution in [-0.2, 0) is 14.3 Å². The summed E-state index contributed by atoms with van der Waals surface area (Å²) >= 11 is 0. The highest BCUT2D eigenvalue weighted by atomic mass is 16.6. The highest BCUT2D eigenvalue weighted by Gasteiger charge is 2.78. The van der Waals surface area contributed by atoms with Crippen LogP contribution in [0.15, 0.2) is 0 Å². The number of carbonyl (C=O) groups is 1. The summed E-state index contributed by atoms with van der Waals surface area (Å²) in [6, 6.07) is 0.201. The van der Waals surface area contributed by atoms with E-state index in [0.717, 1.165) is 32.4 Å². The first-order valence-electron chi connectivity index (χ1n) is 10.7. The molecule has 146 valence electrons. The third kappa shape index (κ3) is 2.23. The van der Waals surface area contributed by atoms with Crippen LogP contribution in [0.5, 0.6) is 0 Å². The molecule has 2 aliphatic carbocycles. The van der Waals surface area contributed by atoms with Crippen molar-refractivity contribution in [2.24, 2.45) is 23.2 Å². The zero-order valence-corrected chi connectivity index (χ0v) is 16.2. The van der Waals surface area contributed by atoms with E-state index in [4.69, 9.17) is 9.47 Å². The number of aliphatic hydroxyl groups is 1. The first-order valence-corrected chi connectivity index (χ1v) is 10.7. The summed E-state index contributed by atoms with van der Waals surface area (Å²) in [4.78, 5) is 15.1. The van der Waals surface area contributed by atoms with Crippen LogP contribution in [0.25, 0.3) is 0 Å². The molecule has 5 fully saturated rings. The molecule has 0 amide bonds. The van der Waals surface area contributed by atoms with E-state index in [-0.39, 0.29) is 53.7 Å². The molecule has 3 saturated heterocycles. The molecule has 3 aliphatic heterocycles. The van der Waals surface area contributed by atoms with Gasteiger partial charge in [-0.3, -0.25) is 9.69 Å². The first kappa shape index (κ1) is 17.4. The van der Waals surface area contributed by atoms with Crippen LogP contribution in [0.3, 0.4) is 0 Å². The predicted molar refractivity (Wildman–Crippen MR) is 96.5 cm³/mol. The molecule has 1 spiro atoms. The Bertz CT molecular complexity index is 597. The fourth-order valence-electron chi connectivity index (χ4n) is 7.20. The van der Waals surface area contributed by atoms with Gasteiger partial charge in [-0.25, -0.2) is 0 Å². The molecule has 0 bridgehead atoms. The van der Waals surface area contributed by atoms with Gasteiger partial charge in [0.2, 0.25) is 0 Å². The Morgan fingerprint density at radius 3 is 2.92 bits per heavy atom. The first-order chi connectivity index (χ1) is 12.5. The van der Waals surface area contributed by atoms with Crippen LogP contribution in [0.4, 0.5) is 0 Å². The van der Waals surface area contributed by atoms with Gasteiger partial charge in [0.05, 0.1) is 18.6 Å². The number of likely N-dealkylation sites (tertiary alicyclic amines) is 1. The van der Waals surface area contributed by atoms with Crippen LogP contribution in [-0.4, -0.2) is 59.5 Å². The molecule has 2 saturated carbocycles. The van der Waals surface area contributed by atoms with Crippen molar-refractivity contribution >= 4 is 5.97 Å². The van der Waals surface area contributed by atoms with Crippen molar-refractivity contribution in [2.45, 2.75) is 82.6 Å². The molecular formula is C21H33NO4. The molecule has 5 aliphatic rings. The molecule has 0 aromatic rings. The maximum Gasteiger partial charge on any atom is 0.311 e. The molecule has 26 heavy (non-hydrogen) atoms. The molecule has 0 aromatic carbocycles. The number of aliphatic hydroxyl groups excluding tert-OH is 1. The van der Waals surface area contributed by atoms with Crippen molar-refractivity contribution in [3.63, 3.8) is 0 Å². The van der Waals surface area contributed by atoms with E-state index >= 15 is 0 Å². The lowest BCUT2D eigenvalue weighted by Gasteiger charge is -2.49. The second-order valence-corrected chi connectivity index (χ2v) is 9.88. The van der Waals surface area contributed by atoms with Gasteiger partial charge in [0.25, 0.3) is 0 Å². The van der Waals surface area contributed by atoms with Gasteiger partial charge < -0.3 is 14.6 Å². The molecule has 5 heteroatoms. The van der Waals surface area contributed by atoms with Gasteiger partial charge in [0, 0.05) is 23.9 Å². The summed E-state index contributed by atoms with van der Waals surface area (Å²) in [6.45, 7) is 6.61. The Kier molecular flexibility index (Phi) is 3.97. The molecule has 0 radical (unpaired) electrons. The van der Waals surface area contributed by atoms with Crippen LogP contribution >= 0.6 is 0 Å². The minimum Gasteiger partial charge on any atom is -0.462 e. The predicted octanol–water partition coefficient (Wildman–Crippen LogP) is 2.36. The number of hydrogen-bond acceptors (Lipinski definition) is 5. The van der Waals surface area contributed by atoms with Crippen molar-refractivity contribution in [3.8, 4) is 0 Å². The molecule has 0 unspecified atom stereocenters. The molecule has 3 heterocycles. The molecule has 0 aromatic heterocycles. The maximum atomic E-state index is 12.8. The van der Waals surface area contributed by atoms with E-state index in [1.165, 1.54) is 25.7 Å². The Balaban J connectivity index is 1.39. The van der Waals surface area contributed by atoms with E-state index in [9.17, 15) is 9.90 Å². The van der Waals surface area contributed by atoms with Crippen molar-refractivity contribution < 1.29 is 19.4 Å². The van der Waals surface area contributed by atoms with E-state index in [2.05, 4.69) is 18.7 Å². The quantitative estimate of drug-likeness (QED) is 0.616. The highest BCUT2D eigenvalue weighted by Crippen LogP contribution is 2.70. The largest absolute Gasteiger partial charge is 0.462 e. The molecule has 8 atom stereocenters. The third-order valence-corrected chi connectivity index (χ3v) is 8.59. The molecule has 5 nitrogen and oxygen atoms in total. The third-order valence-electron chi connectivity index (χ3n) is 8.59. The number of piperidine rings is 1. The van der Waals surface area contributed by atoms with Gasteiger partial charge >= 0.3 is 5.97 Å². The topological polar surface area (TPSA) is 62.3 Å². The molecule has 5 rings (SSSR count). The summed E-state index contributed by atoms with van der Waals surface area (Å²) in [6.07, 6.45) is 8.24. The number of ether oxygens (including phenoxy) is 2. The lowest BCUT2D eigenvalue weighted by Crippen LogP contribution is -2.55. The van der Waals surface area contributed by atoms with E-state index in [1.807, 2.05) is 0 Å². The summed E-state index contributed by atoms with van der Waals surface area (Å²) in [5.74, 6) is 0.666. The van der Waals surface area contributed by atoms with Crippen LogP contribution < -0.4 is 0 Å². The van der Waals surface area contributed by atoms with Crippen molar-refractivity contribution in [3.05, 3.63) is 0 Å². The van der Waals surface area contributed by atoms with Crippen LogP contribution in [0.2, 0.25) is 0 Å². The normalized spacial score (nSPS) is 53.4. The van der Waals surface area contributed by atoms with E-state index in [1.54, 1.807) is 0 Å². The summed E-state index contributed by atoms with van der Waals surface area (Å²) in [5.41, 5.74) is 0.140. The Hall–Kier alpha value is -0.650. The summed E-state index contributed by atoms with van der Waals surface area (Å²) < 4.78 is 12.4. The number of carbonyl (C=O) groups excluding carboxylic acids is 1. The second-order valence-electron chi connectivity index (χ2n) is 9.88. The smallest absolute Gasteiger partial charge is 0.311 e. The van der Waals surface area contributed by atoms with Crippen molar-refractivity contribution in [1.29, 1.82) is 0 Å². The second kappa shape index (κ2) is 5.92. The number of rotatable bonds is 3. The SMILES string of the molecule is C[C@H]1CCC[C@]2(C)C[C@H]3OC(=O)[C@H](CN4CCCC[C@@H]4CO)[C@H]3[C@@H]3O[C@@]132. The summed E-state index contributed by atoms with van der Waals surface area (Å²) in [5, 5.41) is 9.73. The number of esters is 1. The standard InChI is InChI=1S/C21H33NO4/c1-13-6-5-8-20(2)10-16-17(18-21(13,20)26-18)15(19(24)25-16)11-22-9-4-3-7-14(22)12-23/h13-18,23H,3-12H2,1-2H3/t13-,14+,15+,16+,17+,18-,20+,21-/m0/s1. The van der Waals surface area contributed by atoms with Gasteiger partial charge in [-0.1, -0.05) is 26.7 Å². The molecular weight excluding hydrogens is 330 g/mol. The average molecular weight is 363 g/mol. The minimum atomic E-state index is -0.0878. The molecule has 1 N–H and O–H groups in total. The van der Waals surface area contributed by atoms with Gasteiger partial charge in [-0.15, -0.1) is 0 Å². The number of epoxide rings is 1. The van der Waals surface area contributed by atoms with Gasteiger partial charge in [0.15, 0.2) is 0 Å². The van der Waals surface area contributed by atoms with Crippen LogP contribution in [0, 0.1) is 23.2 Å². The van der Waals surface area contributed by atoms with Crippen LogP contribution in [0.1, 0.15) is 58.8 Å². The van der Waals surface area contributed by atoms with Crippen molar-refractivity contribution in [2.75, 3.05) is 19.7 Å². The maximum absolute atomic E-state index is 12.8. The highest BCUT2D eigenvalue weighted by molar-refractivity contribution is 5.76. The zero-order chi connectivity index (χ0) is 18.1. The van der Waals surface area contributed by atoms with E-state index < -0.39 is 0 Å². The zero-order valence-electron chi connectivity index (χ0n) is 16.2. The van der Waals surface area contributed by atoms with Gasteiger partial charge in [-0.2, -0.15) is 0 Å². The summed E-state index contributed by atoms with van der Waals surface area (Å²) in [7, 11) is 0. The lowest BCUT2D eigenvalue weighted by atomic mass is 9.53. The Labute approximate surface area is 156 Å². The fraction of sp³-hybridized carbons (Fsp3) is 0.952. The minimum absolute atomic E-state index is 0.0169. The number of fused-ring (bicyclic) bond motifs is 2.